The third-order valence-electron chi connectivity index (χ3n) is 4.33. The zero-order chi connectivity index (χ0) is 17.3. The maximum absolute atomic E-state index is 12.2. The number of carbonyl (C=O) groups is 2. The van der Waals surface area contributed by atoms with Crippen LogP contribution < -0.4 is 10.6 Å². The molecule has 2 aromatic carbocycles. The Labute approximate surface area is 140 Å². The van der Waals surface area contributed by atoms with Crippen molar-refractivity contribution < 1.29 is 14.7 Å². The average Bonchev–Trinajstić information content (AvgIpc) is 3.29. The second-order valence-electron chi connectivity index (χ2n) is 6.34. The molecule has 2 aromatic rings. The van der Waals surface area contributed by atoms with Crippen LogP contribution in [0.5, 0.6) is 5.75 Å². The van der Waals surface area contributed by atoms with Crippen LogP contribution in [0.4, 0.5) is 11.4 Å². The van der Waals surface area contributed by atoms with Crippen LogP contribution >= 0.6 is 0 Å². The fourth-order valence-corrected chi connectivity index (χ4v) is 2.52. The molecule has 0 spiro atoms. The molecule has 5 heteroatoms. The predicted octanol–water partition coefficient (Wildman–Crippen LogP) is 3.55. The van der Waals surface area contributed by atoms with Crippen LogP contribution in [-0.4, -0.2) is 16.9 Å². The maximum Gasteiger partial charge on any atom is 0.255 e. The number of aryl methyl sites for hydroxylation is 1. The topological polar surface area (TPSA) is 78.4 Å². The lowest BCUT2D eigenvalue weighted by Gasteiger charge is -2.08. The van der Waals surface area contributed by atoms with Crippen molar-refractivity contribution in [1.29, 1.82) is 0 Å². The van der Waals surface area contributed by atoms with E-state index in [-0.39, 0.29) is 23.5 Å². The Balaban J connectivity index is 1.63. The van der Waals surface area contributed by atoms with E-state index in [1.54, 1.807) is 43.3 Å². The molecule has 0 unspecified atom stereocenters. The Morgan fingerprint density at radius 1 is 1.04 bits per heavy atom. The predicted molar refractivity (Wildman–Crippen MR) is 93.1 cm³/mol. The number of amides is 2. The molecule has 124 valence electrons. The van der Waals surface area contributed by atoms with E-state index in [0.29, 0.717) is 22.9 Å². The van der Waals surface area contributed by atoms with E-state index in [2.05, 4.69) is 17.6 Å². The number of carbonyl (C=O) groups excluding carboxylic acids is 2. The summed E-state index contributed by atoms with van der Waals surface area (Å²) in [7, 11) is 0. The quantitative estimate of drug-likeness (QED) is 0.805. The van der Waals surface area contributed by atoms with Gasteiger partial charge in [0.2, 0.25) is 5.91 Å². The van der Waals surface area contributed by atoms with Crippen LogP contribution in [0.15, 0.2) is 42.5 Å². The van der Waals surface area contributed by atoms with Crippen molar-refractivity contribution in [2.45, 2.75) is 20.3 Å². The Morgan fingerprint density at radius 2 is 1.67 bits per heavy atom. The number of benzene rings is 2. The normalized spacial score (nSPS) is 18.8. The van der Waals surface area contributed by atoms with Gasteiger partial charge < -0.3 is 15.7 Å². The molecule has 0 aromatic heterocycles. The number of phenolic OH excluding ortho intramolecular Hbond substituents is 1. The first-order valence-corrected chi connectivity index (χ1v) is 7.96. The van der Waals surface area contributed by atoms with Crippen molar-refractivity contribution in [2.24, 2.45) is 11.8 Å². The third-order valence-corrected chi connectivity index (χ3v) is 4.33. The van der Waals surface area contributed by atoms with Crippen LogP contribution in [0.1, 0.15) is 29.3 Å². The first kappa shape index (κ1) is 16.1. The van der Waals surface area contributed by atoms with Crippen LogP contribution in [0.25, 0.3) is 0 Å². The van der Waals surface area contributed by atoms with Crippen molar-refractivity contribution in [3.05, 3.63) is 53.6 Å². The fraction of sp³-hybridized carbons (Fsp3) is 0.263. The van der Waals surface area contributed by atoms with Gasteiger partial charge in [-0.15, -0.1) is 0 Å². The third kappa shape index (κ3) is 3.56. The summed E-state index contributed by atoms with van der Waals surface area (Å²) >= 11 is 0. The number of anilines is 2. The van der Waals surface area contributed by atoms with Crippen molar-refractivity contribution >= 4 is 23.2 Å². The van der Waals surface area contributed by atoms with E-state index in [4.69, 9.17) is 0 Å². The molecule has 0 aliphatic heterocycles. The van der Waals surface area contributed by atoms with Crippen LogP contribution in [0, 0.1) is 18.8 Å². The molecule has 0 bridgehead atoms. The highest BCUT2D eigenvalue weighted by Gasteiger charge is 2.39. The lowest BCUT2D eigenvalue weighted by atomic mass is 10.1. The van der Waals surface area contributed by atoms with Gasteiger partial charge in [0.25, 0.3) is 5.91 Å². The summed E-state index contributed by atoms with van der Waals surface area (Å²) in [5, 5.41) is 15.3. The molecule has 2 amide bonds. The summed E-state index contributed by atoms with van der Waals surface area (Å²) in [5.74, 6) is 0.477. The molecule has 5 nitrogen and oxygen atoms in total. The van der Waals surface area contributed by atoms with Gasteiger partial charge in [0.05, 0.1) is 0 Å². The van der Waals surface area contributed by atoms with Crippen molar-refractivity contribution in [1.82, 2.24) is 0 Å². The van der Waals surface area contributed by atoms with Crippen molar-refractivity contribution in [3.8, 4) is 5.75 Å². The highest BCUT2D eigenvalue weighted by Crippen LogP contribution is 2.38. The Bertz CT molecular complexity index is 784. The van der Waals surface area contributed by atoms with Gasteiger partial charge in [-0.05, 0) is 55.2 Å². The summed E-state index contributed by atoms with van der Waals surface area (Å²) in [6.45, 7) is 3.84. The average molecular weight is 324 g/mol. The highest BCUT2D eigenvalue weighted by molar-refractivity contribution is 6.04. The standard InChI is InChI=1S/C19H20N2O3/c1-11-3-6-15(10-17(11)22)21-18(23)13-4-7-14(8-5-13)20-19(24)16-9-12(16)2/h3-8,10,12,16,22H,9H2,1-2H3,(H,20,24)(H,21,23)/t12-,16-/m0/s1. The molecule has 1 fully saturated rings. The molecule has 3 N–H and O–H groups in total. The SMILES string of the molecule is Cc1ccc(NC(=O)c2ccc(NC(=O)[C@H]3C[C@@H]3C)cc2)cc1O. The molecular weight excluding hydrogens is 304 g/mol. The number of hydrogen-bond donors (Lipinski definition) is 3. The molecule has 24 heavy (non-hydrogen) atoms. The molecule has 0 radical (unpaired) electrons. The first-order chi connectivity index (χ1) is 11.4. The molecule has 0 saturated heterocycles. The fourth-order valence-electron chi connectivity index (χ4n) is 2.52. The van der Waals surface area contributed by atoms with E-state index in [1.807, 2.05) is 0 Å². The van der Waals surface area contributed by atoms with Gasteiger partial charge in [0.1, 0.15) is 5.75 Å². The molecule has 3 rings (SSSR count). The van der Waals surface area contributed by atoms with Crippen LogP contribution in [-0.2, 0) is 4.79 Å². The van der Waals surface area contributed by atoms with Gasteiger partial charge in [-0.2, -0.15) is 0 Å². The minimum absolute atomic E-state index is 0.0369. The van der Waals surface area contributed by atoms with E-state index in [1.165, 1.54) is 6.07 Å². The van der Waals surface area contributed by atoms with Gasteiger partial charge in [0.15, 0.2) is 0 Å². The van der Waals surface area contributed by atoms with Gasteiger partial charge >= 0.3 is 0 Å². The van der Waals surface area contributed by atoms with E-state index in [0.717, 1.165) is 12.0 Å². The Morgan fingerprint density at radius 3 is 2.25 bits per heavy atom. The van der Waals surface area contributed by atoms with Crippen molar-refractivity contribution in [3.63, 3.8) is 0 Å². The Hall–Kier alpha value is -2.82. The van der Waals surface area contributed by atoms with Gasteiger partial charge in [0, 0.05) is 28.9 Å². The van der Waals surface area contributed by atoms with Crippen LogP contribution in [0.2, 0.25) is 0 Å². The van der Waals surface area contributed by atoms with Gasteiger partial charge in [-0.1, -0.05) is 13.0 Å². The van der Waals surface area contributed by atoms with E-state index < -0.39 is 0 Å². The minimum atomic E-state index is -0.271. The molecule has 1 aliphatic carbocycles. The highest BCUT2D eigenvalue weighted by atomic mass is 16.3. The van der Waals surface area contributed by atoms with Crippen molar-refractivity contribution in [2.75, 3.05) is 10.6 Å². The maximum atomic E-state index is 12.2. The smallest absolute Gasteiger partial charge is 0.255 e. The number of rotatable bonds is 4. The number of phenols is 1. The first-order valence-electron chi connectivity index (χ1n) is 7.96. The molecular formula is C19H20N2O3. The van der Waals surface area contributed by atoms with Gasteiger partial charge in [-0.3, -0.25) is 9.59 Å². The molecule has 0 heterocycles. The van der Waals surface area contributed by atoms with E-state index >= 15 is 0 Å². The number of aromatic hydroxyl groups is 1. The Kier molecular flexibility index (Phi) is 4.25. The minimum Gasteiger partial charge on any atom is -0.508 e. The monoisotopic (exact) mass is 324 g/mol. The van der Waals surface area contributed by atoms with Gasteiger partial charge in [-0.25, -0.2) is 0 Å². The number of nitrogens with one attached hydrogen (secondary N) is 2. The summed E-state index contributed by atoms with van der Waals surface area (Å²) in [6.07, 6.45) is 0.940. The summed E-state index contributed by atoms with van der Waals surface area (Å²) in [5.41, 5.74) is 2.44. The largest absolute Gasteiger partial charge is 0.508 e. The van der Waals surface area contributed by atoms with Crippen LogP contribution in [0.3, 0.4) is 0 Å². The molecule has 2 atom stereocenters. The molecule has 1 saturated carbocycles. The second-order valence-corrected chi connectivity index (χ2v) is 6.34. The lowest BCUT2D eigenvalue weighted by Crippen LogP contribution is -2.15. The summed E-state index contributed by atoms with van der Waals surface area (Å²) in [4.78, 5) is 24.1. The summed E-state index contributed by atoms with van der Waals surface area (Å²) in [6, 6.07) is 11.7. The summed E-state index contributed by atoms with van der Waals surface area (Å²) < 4.78 is 0. The van der Waals surface area contributed by atoms with E-state index in [9.17, 15) is 14.7 Å². The lowest BCUT2D eigenvalue weighted by molar-refractivity contribution is -0.117. The zero-order valence-corrected chi connectivity index (χ0v) is 13.7. The molecule has 1 aliphatic rings. The zero-order valence-electron chi connectivity index (χ0n) is 13.7. The number of hydrogen-bond acceptors (Lipinski definition) is 3. The second kappa shape index (κ2) is 6.35.